The minimum atomic E-state index is -0.419. The summed E-state index contributed by atoms with van der Waals surface area (Å²) >= 11 is 12.7. The van der Waals surface area contributed by atoms with Gasteiger partial charge in [0.25, 0.3) is 0 Å². The minimum absolute atomic E-state index is 0.419. The number of aromatic nitrogens is 1. The molecule has 0 aliphatic heterocycles. The number of hydrogen-bond acceptors (Lipinski definition) is 2. The molecule has 50 valence electrons. The second-order valence-electron chi connectivity index (χ2n) is 1.60. The smallest absolute Gasteiger partial charge is 0.143 e. The van der Waals surface area contributed by atoms with Gasteiger partial charge in [0.2, 0.25) is 0 Å². The Morgan fingerprint density at radius 2 is 2.33 bits per heavy atom. The third-order valence-electron chi connectivity index (χ3n) is 0.981. The standard InChI is InChI=1S/C5H5Cl2NS/c1-3-4(5(6)7)9-2-8-3/h2,5H,1H3. The number of nitrogens with zero attached hydrogens (tertiary/aromatic N) is 1. The molecule has 0 amide bonds. The van der Waals surface area contributed by atoms with Crippen LogP contribution in [0.25, 0.3) is 0 Å². The van der Waals surface area contributed by atoms with Crippen molar-refractivity contribution in [3.8, 4) is 0 Å². The Bertz CT molecular complexity index is 197. The summed E-state index contributed by atoms with van der Waals surface area (Å²) in [5.41, 5.74) is 2.66. The molecule has 0 atom stereocenters. The maximum absolute atomic E-state index is 5.59. The molecule has 0 aliphatic rings. The van der Waals surface area contributed by atoms with Crippen molar-refractivity contribution in [3.63, 3.8) is 0 Å². The fourth-order valence-corrected chi connectivity index (χ4v) is 1.80. The number of thiazole rings is 1. The van der Waals surface area contributed by atoms with E-state index in [2.05, 4.69) is 4.98 Å². The zero-order chi connectivity index (χ0) is 6.85. The number of rotatable bonds is 1. The van der Waals surface area contributed by atoms with Crippen molar-refractivity contribution in [1.82, 2.24) is 4.98 Å². The van der Waals surface area contributed by atoms with Gasteiger partial charge in [0.1, 0.15) is 4.84 Å². The van der Waals surface area contributed by atoms with E-state index < -0.39 is 4.84 Å². The molecule has 1 rings (SSSR count). The number of halogens is 2. The number of alkyl halides is 2. The zero-order valence-electron chi connectivity index (χ0n) is 4.77. The van der Waals surface area contributed by atoms with Crippen LogP contribution in [0.3, 0.4) is 0 Å². The first-order valence-electron chi connectivity index (χ1n) is 2.40. The van der Waals surface area contributed by atoms with E-state index in [1.807, 2.05) is 6.92 Å². The molecular formula is C5H5Cl2NS. The molecule has 0 fully saturated rings. The fourth-order valence-electron chi connectivity index (χ4n) is 0.520. The van der Waals surface area contributed by atoms with Gasteiger partial charge in [0, 0.05) is 0 Å². The van der Waals surface area contributed by atoms with Crippen LogP contribution in [0.1, 0.15) is 15.4 Å². The van der Waals surface area contributed by atoms with Crippen molar-refractivity contribution in [2.45, 2.75) is 11.8 Å². The van der Waals surface area contributed by atoms with Crippen molar-refractivity contribution in [2.75, 3.05) is 0 Å². The van der Waals surface area contributed by atoms with Gasteiger partial charge in [-0.15, -0.1) is 11.3 Å². The van der Waals surface area contributed by atoms with E-state index >= 15 is 0 Å². The molecule has 0 aliphatic carbocycles. The molecule has 0 saturated carbocycles. The van der Waals surface area contributed by atoms with E-state index in [4.69, 9.17) is 23.2 Å². The van der Waals surface area contributed by atoms with E-state index in [9.17, 15) is 0 Å². The Balaban J connectivity index is 2.94. The summed E-state index contributed by atoms with van der Waals surface area (Å²) in [4.78, 5) is 4.51. The minimum Gasteiger partial charge on any atom is -0.250 e. The quantitative estimate of drug-likeness (QED) is 0.608. The first kappa shape index (κ1) is 7.32. The lowest BCUT2D eigenvalue weighted by atomic mass is 10.4. The largest absolute Gasteiger partial charge is 0.250 e. The summed E-state index contributed by atoms with van der Waals surface area (Å²) in [6.45, 7) is 1.89. The Hall–Kier alpha value is 0.210. The van der Waals surface area contributed by atoms with Crippen LogP contribution in [0, 0.1) is 6.92 Å². The number of hydrogen-bond donors (Lipinski definition) is 0. The Labute approximate surface area is 67.6 Å². The molecule has 1 aromatic heterocycles. The molecule has 9 heavy (non-hydrogen) atoms. The van der Waals surface area contributed by atoms with Gasteiger partial charge in [-0.3, -0.25) is 0 Å². The van der Waals surface area contributed by atoms with Gasteiger partial charge in [0.05, 0.1) is 16.1 Å². The zero-order valence-corrected chi connectivity index (χ0v) is 7.09. The monoisotopic (exact) mass is 181 g/mol. The third-order valence-corrected chi connectivity index (χ3v) is 2.67. The molecule has 1 nitrogen and oxygen atoms in total. The molecule has 0 aromatic carbocycles. The van der Waals surface area contributed by atoms with Crippen molar-refractivity contribution in [1.29, 1.82) is 0 Å². The molecular weight excluding hydrogens is 177 g/mol. The maximum atomic E-state index is 5.59. The van der Waals surface area contributed by atoms with Crippen molar-refractivity contribution >= 4 is 34.5 Å². The van der Waals surface area contributed by atoms with Gasteiger partial charge >= 0.3 is 0 Å². The van der Waals surface area contributed by atoms with Crippen LogP contribution in [-0.4, -0.2) is 4.98 Å². The highest BCUT2D eigenvalue weighted by Crippen LogP contribution is 2.29. The Morgan fingerprint density at radius 3 is 2.56 bits per heavy atom. The molecule has 0 spiro atoms. The second kappa shape index (κ2) is 2.86. The van der Waals surface area contributed by atoms with Gasteiger partial charge in [0.15, 0.2) is 0 Å². The Kier molecular flexibility index (Phi) is 2.33. The maximum Gasteiger partial charge on any atom is 0.143 e. The molecule has 1 heterocycles. The predicted molar refractivity (Wildman–Crippen MR) is 41.3 cm³/mol. The summed E-state index contributed by atoms with van der Waals surface area (Å²) in [6, 6.07) is 0. The van der Waals surface area contributed by atoms with Crippen molar-refractivity contribution in [3.05, 3.63) is 16.1 Å². The SMILES string of the molecule is Cc1ncsc1C(Cl)Cl. The summed E-state index contributed by atoms with van der Waals surface area (Å²) in [5.74, 6) is 0. The molecule has 0 unspecified atom stereocenters. The van der Waals surface area contributed by atoms with E-state index in [0.29, 0.717) is 0 Å². The average Bonchev–Trinajstić information content (AvgIpc) is 2.13. The van der Waals surface area contributed by atoms with Gasteiger partial charge in [-0.05, 0) is 6.92 Å². The van der Waals surface area contributed by atoms with Crippen molar-refractivity contribution in [2.24, 2.45) is 0 Å². The van der Waals surface area contributed by atoms with Crippen LogP contribution in [0.2, 0.25) is 0 Å². The normalized spacial score (nSPS) is 10.7. The van der Waals surface area contributed by atoms with Gasteiger partial charge < -0.3 is 0 Å². The molecule has 1 aromatic rings. The highest BCUT2D eigenvalue weighted by Gasteiger charge is 2.08. The van der Waals surface area contributed by atoms with Crippen LogP contribution in [0.5, 0.6) is 0 Å². The van der Waals surface area contributed by atoms with E-state index in [1.165, 1.54) is 11.3 Å². The summed E-state index contributed by atoms with van der Waals surface area (Å²) in [6.07, 6.45) is 0. The molecule has 4 heteroatoms. The Morgan fingerprint density at radius 1 is 1.67 bits per heavy atom. The van der Waals surface area contributed by atoms with Crippen LogP contribution in [0.15, 0.2) is 5.51 Å². The summed E-state index contributed by atoms with van der Waals surface area (Å²) in [5, 5.41) is 0. The lowest BCUT2D eigenvalue weighted by Gasteiger charge is -1.94. The lowest BCUT2D eigenvalue weighted by Crippen LogP contribution is -1.78. The van der Waals surface area contributed by atoms with E-state index in [0.717, 1.165) is 10.6 Å². The van der Waals surface area contributed by atoms with Crippen LogP contribution in [0.4, 0.5) is 0 Å². The molecule has 0 N–H and O–H groups in total. The lowest BCUT2D eigenvalue weighted by molar-refractivity contribution is 1.21. The highest BCUT2D eigenvalue weighted by atomic mass is 35.5. The van der Waals surface area contributed by atoms with Crippen LogP contribution >= 0.6 is 34.5 Å². The van der Waals surface area contributed by atoms with E-state index in [1.54, 1.807) is 5.51 Å². The third kappa shape index (κ3) is 1.57. The molecule has 0 radical (unpaired) electrons. The highest BCUT2D eigenvalue weighted by molar-refractivity contribution is 7.10. The topological polar surface area (TPSA) is 12.9 Å². The second-order valence-corrected chi connectivity index (χ2v) is 3.59. The van der Waals surface area contributed by atoms with Gasteiger partial charge in [-0.25, -0.2) is 4.98 Å². The number of aryl methyl sites for hydroxylation is 1. The van der Waals surface area contributed by atoms with Gasteiger partial charge in [-0.2, -0.15) is 0 Å². The average molecular weight is 182 g/mol. The van der Waals surface area contributed by atoms with Gasteiger partial charge in [-0.1, -0.05) is 23.2 Å². The molecule has 0 saturated heterocycles. The van der Waals surface area contributed by atoms with E-state index in [-0.39, 0.29) is 0 Å². The predicted octanol–water partition coefficient (Wildman–Crippen LogP) is 2.93. The summed E-state index contributed by atoms with van der Waals surface area (Å²) in [7, 11) is 0. The first-order chi connectivity index (χ1) is 4.22. The summed E-state index contributed by atoms with van der Waals surface area (Å²) < 4.78 is 0. The fraction of sp³-hybridized carbons (Fsp3) is 0.400. The van der Waals surface area contributed by atoms with Crippen molar-refractivity contribution < 1.29 is 0 Å². The first-order valence-corrected chi connectivity index (χ1v) is 4.15. The molecule has 0 bridgehead atoms. The van der Waals surface area contributed by atoms with Crippen LogP contribution < -0.4 is 0 Å². The van der Waals surface area contributed by atoms with Crippen LogP contribution in [-0.2, 0) is 0 Å².